The van der Waals surface area contributed by atoms with Crippen molar-refractivity contribution in [1.29, 1.82) is 0 Å². The van der Waals surface area contributed by atoms with E-state index in [9.17, 15) is 14.7 Å². The van der Waals surface area contributed by atoms with Crippen molar-refractivity contribution < 1.29 is 19.4 Å². The van der Waals surface area contributed by atoms with Crippen LogP contribution in [0, 0.1) is 0 Å². The lowest BCUT2D eigenvalue weighted by Crippen LogP contribution is -2.26. The molecule has 0 saturated carbocycles. The predicted octanol–water partition coefficient (Wildman–Crippen LogP) is 1.25. The molecule has 1 aromatic rings. The first-order valence-electron chi connectivity index (χ1n) is 5.93. The fraction of sp³-hybridized carbons (Fsp3) is 0.429. The molecular formula is C14H17O4-. The van der Waals surface area contributed by atoms with Crippen molar-refractivity contribution in [2.45, 2.75) is 38.7 Å². The molecule has 4 nitrogen and oxygen atoms in total. The number of esters is 1. The van der Waals surface area contributed by atoms with Gasteiger partial charge in [0.2, 0.25) is 0 Å². The van der Waals surface area contributed by atoms with Gasteiger partial charge < -0.3 is 14.6 Å². The van der Waals surface area contributed by atoms with Gasteiger partial charge in [-0.1, -0.05) is 30.3 Å². The van der Waals surface area contributed by atoms with Gasteiger partial charge in [0.1, 0.15) is 0 Å². The van der Waals surface area contributed by atoms with Gasteiger partial charge in [-0.25, -0.2) is 0 Å². The number of rotatable bonds is 6. The third-order valence-corrected chi connectivity index (χ3v) is 2.46. The molecule has 0 amide bonds. The molecule has 98 valence electrons. The third-order valence-electron chi connectivity index (χ3n) is 2.46. The molecule has 0 N–H and O–H groups in total. The van der Waals surface area contributed by atoms with Crippen molar-refractivity contribution >= 4 is 11.9 Å². The van der Waals surface area contributed by atoms with Gasteiger partial charge in [-0.3, -0.25) is 4.79 Å². The van der Waals surface area contributed by atoms with Gasteiger partial charge >= 0.3 is 5.97 Å². The van der Waals surface area contributed by atoms with Crippen LogP contribution in [0.15, 0.2) is 30.3 Å². The lowest BCUT2D eigenvalue weighted by molar-refractivity contribution is -0.306. The zero-order chi connectivity index (χ0) is 13.5. The highest BCUT2D eigenvalue weighted by Crippen LogP contribution is 2.23. The van der Waals surface area contributed by atoms with Crippen molar-refractivity contribution in [3.05, 3.63) is 35.9 Å². The number of aliphatic carboxylic acids is 1. The first-order valence-corrected chi connectivity index (χ1v) is 5.93. The minimum absolute atomic E-state index is 0.0518. The van der Waals surface area contributed by atoms with Crippen LogP contribution in [0.2, 0.25) is 0 Å². The number of carboxylic acid groups (broad SMARTS) is 1. The first-order chi connectivity index (χ1) is 8.49. The minimum atomic E-state index is -1.17. The highest BCUT2D eigenvalue weighted by atomic mass is 16.5. The van der Waals surface area contributed by atoms with E-state index >= 15 is 0 Å². The average molecular weight is 249 g/mol. The summed E-state index contributed by atoms with van der Waals surface area (Å²) in [5, 5.41) is 10.7. The van der Waals surface area contributed by atoms with Crippen LogP contribution in [0.1, 0.15) is 38.2 Å². The summed E-state index contributed by atoms with van der Waals surface area (Å²) in [5.74, 6) is -1.95. The molecule has 1 unspecified atom stereocenters. The predicted molar refractivity (Wildman–Crippen MR) is 64.7 cm³/mol. The maximum absolute atomic E-state index is 11.6. The SMILES string of the molecule is CC(C)OC(=O)CC(CC(=O)[O-])c1ccccc1. The number of benzene rings is 1. The summed E-state index contributed by atoms with van der Waals surface area (Å²) in [4.78, 5) is 22.3. The summed E-state index contributed by atoms with van der Waals surface area (Å²) in [5.41, 5.74) is 0.808. The fourth-order valence-corrected chi connectivity index (χ4v) is 1.75. The first kappa shape index (κ1) is 14.2. The van der Waals surface area contributed by atoms with Gasteiger partial charge in [-0.2, -0.15) is 0 Å². The van der Waals surface area contributed by atoms with Crippen LogP contribution < -0.4 is 5.11 Å². The van der Waals surface area contributed by atoms with Crippen LogP contribution in [0.25, 0.3) is 0 Å². The molecule has 4 heteroatoms. The van der Waals surface area contributed by atoms with E-state index in [-0.39, 0.29) is 24.9 Å². The molecule has 0 bridgehead atoms. The summed E-state index contributed by atoms with van der Waals surface area (Å²) in [7, 11) is 0. The summed E-state index contributed by atoms with van der Waals surface area (Å²) < 4.78 is 5.03. The van der Waals surface area contributed by atoms with E-state index in [1.165, 1.54) is 0 Å². The van der Waals surface area contributed by atoms with Gasteiger partial charge in [-0.15, -0.1) is 0 Å². The Kier molecular flexibility index (Phi) is 5.36. The Morgan fingerprint density at radius 2 is 1.78 bits per heavy atom. The van der Waals surface area contributed by atoms with E-state index in [0.717, 1.165) is 5.56 Å². The molecule has 0 aliphatic carbocycles. The molecule has 18 heavy (non-hydrogen) atoms. The number of carboxylic acids is 1. The molecule has 1 aromatic carbocycles. The van der Waals surface area contributed by atoms with E-state index in [1.807, 2.05) is 18.2 Å². The molecular weight excluding hydrogens is 232 g/mol. The van der Waals surface area contributed by atoms with Crippen LogP contribution in [0.4, 0.5) is 0 Å². The van der Waals surface area contributed by atoms with Crippen LogP contribution in [0.3, 0.4) is 0 Å². The monoisotopic (exact) mass is 249 g/mol. The lowest BCUT2D eigenvalue weighted by atomic mass is 9.92. The van der Waals surface area contributed by atoms with Gasteiger partial charge in [0, 0.05) is 5.97 Å². The van der Waals surface area contributed by atoms with Crippen molar-refractivity contribution in [3.63, 3.8) is 0 Å². The summed E-state index contributed by atoms with van der Waals surface area (Å²) in [6.45, 7) is 3.52. The molecule has 0 radical (unpaired) electrons. The number of carbonyl (C=O) groups excluding carboxylic acids is 2. The molecule has 0 spiro atoms. The number of ether oxygens (including phenoxy) is 1. The summed E-state index contributed by atoms with van der Waals surface area (Å²) in [6.07, 6.45) is -0.329. The normalized spacial score (nSPS) is 12.2. The molecule has 1 atom stereocenters. The zero-order valence-corrected chi connectivity index (χ0v) is 10.6. The Balaban J connectivity index is 2.73. The van der Waals surface area contributed by atoms with E-state index < -0.39 is 11.9 Å². The van der Waals surface area contributed by atoms with E-state index in [0.29, 0.717) is 0 Å². The van der Waals surface area contributed by atoms with Gasteiger partial charge in [0.25, 0.3) is 0 Å². The second kappa shape index (κ2) is 6.79. The third kappa shape index (κ3) is 4.99. The van der Waals surface area contributed by atoms with E-state index in [2.05, 4.69) is 0 Å². The fourth-order valence-electron chi connectivity index (χ4n) is 1.75. The molecule has 0 aliphatic heterocycles. The summed E-state index contributed by atoms with van der Waals surface area (Å²) >= 11 is 0. The van der Waals surface area contributed by atoms with Crippen molar-refractivity contribution in [1.82, 2.24) is 0 Å². The van der Waals surface area contributed by atoms with E-state index in [1.54, 1.807) is 26.0 Å². The Morgan fingerprint density at radius 1 is 1.17 bits per heavy atom. The lowest BCUT2D eigenvalue weighted by Gasteiger charge is -2.18. The number of carbonyl (C=O) groups is 2. The molecule has 0 heterocycles. The molecule has 0 aromatic heterocycles. The van der Waals surface area contributed by atoms with Gasteiger partial charge in [0.05, 0.1) is 12.5 Å². The van der Waals surface area contributed by atoms with Crippen molar-refractivity contribution in [2.24, 2.45) is 0 Å². The summed E-state index contributed by atoms with van der Waals surface area (Å²) in [6, 6.07) is 9.06. The molecule has 0 aliphatic rings. The topological polar surface area (TPSA) is 66.4 Å². The van der Waals surface area contributed by atoms with Gasteiger partial charge in [0.15, 0.2) is 0 Å². The van der Waals surface area contributed by atoms with Crippen LogP contribution >= 0.6 is 0 Å². The van der Waals surface area contributed by atoms with Gasteiger partial charge in [-0.05, 0) is 31.7 Å². The smallest absolute Gasteiger partial charge is 0.306 e. The highest BCUT2D eigenvalue weighted by molar-refractivity contribution is 5.73. The largest absolute Gasteiger partial charge is 0.550 e. The molecule has 1 rings (SSSR count). The Hall–Kier alpha value is -1.84. The molecule has 0 fully saturated rings. The average Bonchev–Trinajstić information content (AvgIpc) is 2.27. The highest BCUT2D eigenvalue weighted by Gasteiger charge is 2.18. The maximum atomic E-state index is 11.6. The second-order valence-corrected chi connectivity index (χ2v) is 4.43. The number of hydrogen-bond donors (Lipinski definition) is 0. The Labute approximate surface area is 107 Å². The second-order valence-electron chi connectivity index (χ2n) is 4.43. The van der Waals surface area contributed by atoms with Crippen LogP contribution in [-0.4, -0.2) is 18.0 Å². The Morgan fingerprint density at radius 3 is 2.28 bits per heavy atom. The van der Waals surface area contributed by atoms with Crippen molar-refractivity contribution in [3.8, 4) is 0 Å². The van der Waals surface area contributed by atoms with Crippen LogP contribution in [0.5, 0.6) is 0 Å². The molecule has 0 saturated heterocycles. The quantitative estimate of drug-likeness (QED) is 0.712. The minimum Gasteiger partial charge on any atom is -0.550 e. The Bertz CT molecular complexity index is 398. The van der Waals surface area contributed by atoms with Crippen LogP contribution in [-0.2, 0) is 14.3 Å². The van der Waals surface area contributed by atoms with E-state index in [4.69, 9.17) is 4.74 Å². The number of hydrogen-bond acceptors (Lipinski definition) is 4. The standard InChI is InChI=1S/C14H18O4/c1-10(2)18-14(17)9-12(8-13(15)16)11-6-4-3-5-7-11/h3-7,10,12H,8-9H2,1-2H3,(H,15,16)/p-1. The zero-order valence-electron chi connectivity index (χ0n) is 10.6. The maximum Gasteiger partial charge on any atom is 0.306 e. The van der Waals surface area contributed by atoms with Crippen molar-refractivity contribution in [2.75, 3.05) is 0 Å².